The molecule has 0 aliphatic rings. The standard InChI is InChI=1S/C25H16Cl3NO/c1-15-24(23(30)12-8-16-7-9-19(27)14-21(16)28)25(17-5-3-2-4-6-17)20-13-18(26)10-11-22(20)29-15/h2-14H,1H3. The number of carbonyl (C=O) groups excluding carboxylic acids is 1. The van der Waals surface area contributed by atoms with E-state index < -0.39 is 0 Å². The highest BCUT2D eigenvalue weighted by Crippen LogP contribution is 2.35. The molecule has 0 saturated carbocycles. The van der Waals surface area contributed by atoms with Crippen LogP contribution in [-0.4, -0.2) is 10.8 Å². The molecule has 1 aromatic heterocycles. The number of carbonyl (C=O) groups is 1. The summed E-state index contributed by atoms with van der Waals surface area (Å²) in [5.74, 6) is -0.160. The average molecular weight is 453 g/mol. The van der Waals surface area contributed by atoms with Crippen LogP contribution >= 0.6 is 34.8 Å². The fourth-order valence-electron chi connectivity index (χ4n) is 3.45. The van der Waals surface area contributed by atoms with Crippen molar-refractivity contribution >= 4 is 57.6 Å². The third-order valence-corrected chi connectivity index (χ3v) is 5.61. The summed E-state index contributed by atoms with van der Waals surface area (Å²) in [5.41, 5.74) is 4.44. The van der Waals surface area contributed by atoms with Crippen molar-refractivity contribution in [1.29, 1.82) is 0 Å². The average Bonchev–Trinajstić information content (AvgIpc) is 2.73. The maximum absolute atomic E-state index is 13.3. The Hall–Kier alpha value is -2.65. The Labute approximate surface area is 189 Å². The van der Waals surface area contributed by atoms with Gasteiger partial charge in [0.05, 0.1) is 11.1 Å². The van der Waals surface area contributed by atoms with E-state index in [-0.39, 0.29) is 5.78 Å². The second kappa shape index (κ2) is 8.61. The van der Waals surface area contributed by atoms with E-state index in [4.69, 9.17) is 34.8 Å². The van der Waals surface area contributed by atoms with Crippen molar-refractivity contribution in [1.82, 2.24) is 4.98 Å². The molecule has 0 saturated heterocycles. The molecule has 30 heavy (non-hydrogen) atoms. The van der Waals surface area contributed by atoms with Gasteiger partial charge >= 0.3 is 0 Å². The van der Waals surface area contributed by atoms with Crippen molar-refractivity contribution in [3.63, 3.8) is 0 Å². The first-order valence-corrected chi connectivity index (χ1v) is 10.4. The van der Waals surface area contributed by atoms with Crippen LogP contribution in [0.2, 0.25) is 15.1 Å². The molecule has 2 nitrogen and oxygen atoms in total. The van der Waals surface area contributed by atoms with Crippen LogP contribution in [0.1, 0.15) is 21.6 Å². The first kappa shape index (κ1) is 20.6. The highest BCUT2D eigenvalue weighted by Gasteiger charge is 2.19. The van der Waals surface area contributed by atoms with E-state index in [2.05, 4.69) is 4.98 Å². The minimum atomic E-state index is -0.160. The second-order valence-electron chi connectivity index (χ2n) is 6.84. The Morgan fingerprint density at radius 1 is 0.900 bits per heavy atom. The number of fused-ring (bicyclic) bond motifs is 1. The van der Waals surface area contributed by atoms with E-state index in [1.165, 1.54) is 6.08 Å². The van der Waals surface area contributed by atoms with Crippen LogP contribution < -0.4 is 0 Å². The lowest BCUT2D eigenvalue weighted by molar-refractivity contribution is 0.104. The molecule has 0 radical (unpaired) electrons. The predicted molar refractivity (Wildman–Crippen MR) is 127 cm³/mol. The summed E-state index contributed by atoms with van der Waals surface area (Å²) < 4.78 is 0. The van der Waals surface area contributed by atoms with Crippen molar-refractivity contribution < 1.29 is 4.79 Å². The number of nitrogens with zero attached hydrogens (tertiary/aromatic N) is 1. The van der Waals surface area contributed by atoms with Gasteiger partial charge in [0.2, 0.25) is 0 Å². The van der Waals surface area contributed by atoms with E-state index in [1.54, 1.807) is 30.3 Å². The van der Waals surface area contributed by atoms with E-state index in [1.807, 2.05) is 49.4 Å². The first-order chi connectivity index (χ1) is 14.4. The topological polar surface area (TPSA) is 30.0 Å². The summed E-state index contributed by atoms with van der Waals surface area (Å²) in [6.07, 6.45) is 3.21. The van der Waals surface area contributed by atoms with E-state index in [0.29, 0.717) is 31.9 Å². The third kappa shape index (κ3) is 4.13. The molecule has 0 fully saturated rings. The fraction of sp³-hybridized carbons (Fsp3) is 0.0400. The Bertz CT molecular complexity index is 1300. The van der Waals surface area contributed by atoms with Gasteiger partial charge in [-0.1, -0.05) is 71.2 Å². The zero-order valence-electron chi connectivity index (χ0n) is 16.0. The van der Waals surface area contributed by atoms with E-state index >= 15 is 0 Å². The van der Waals surface area contributed by atoms with Crippen molar-refractivity contribution in [3.8, 4) is 11.1 Å². The van der Waals surface area contributed by atoms with Crippen molar-refractivity contribution in [2.75, 3.05) is 0 Å². The Morgan fingerprint density at radius 2 is 1.60 bits per heavy atom. The van der Waals surface area contributed by atoms with Crippen molar-refractivity contribution in [3.05, 3.63) is 105 Å². The number of aromatic nitrogens is 1. The zero-order chi connectivity index (χ0) is 21.3. The number of allylic oxidation sites excluding steroid dienone is 1. The molecular formula is C25H16Cl3NO. The highest BCUT2D eigenvalue weighted by molar-refractivity contribution is 6.35. The Balaban J connectivity index is 1.90. The summed E-state index contributed by atoms with van der Waals surface area (Å²) in [4.78, 5) is 18.0. The van der Waals surface area contributed by atoms with Crippen LogP contribution in [0.5, 0.6) is 0 Å². The molecule has 0 spiro atoms. The van der Waals surface area contributed by atoms with Gasteiger partial charge in [0.15, 0.2) is 5.78 Å². The molecule has 5 heteroatoms. The number of benzene rings is 3. The number of rotatable bonds is 4. The minimum absolute atomic E-state index is 0.160. The SMILES string of the molecule is Cc1nc2ccc(Cl)cc2c(-c2ccccc2)c1C(=O)C=Cc1ccc(Cl)cc1Cl. The van der Waals surface area contributed by atoms with Gasteiger partial charge in [-0.05, 0) is 60.5 Å². The molecule has 0 aliphatic carbocycles. The molecule has 0 atom stereocenters. The monoisotopic (exact) mass is 451 g/mol. The number of aryl methyl sites for hydroxylation is 1. The van der Waals surface area contributed by atoms with Crippen molar-refractivity contribution in [2.24, 2.45) is 0 Å². The smallest absolute Gasteiger partial charge is 0.188 e. The van der Waals surface area contributed by atoms with Gasteiger partial charge in [0, 0.05) is 31.7 Å². The molecule has 0 aliphatic heterocycles. The molecular weight excluding hydrogens is 437 g/mol. The quantitative estimate of drug-likeness (QED) is 0.231. The summed E-state index contributed by atoms with van der Waals surface area (Å²) in [7, 11) is 0. The van der Waals surface area contributed by atoms with E-state index in [9.17, 15) is 4.79 Å². The zero-order valence-corrected chi connectivity index (χ0v) is 18.3. The highest BCUT2D eigenvalue weighted by atomic mass is 35.5. The van der Waals surface area contributed by atoms with Crippen LogP contribution in [0, 0.1) is 6.92 Å². The summed E-state index contributed by atoms with van der Waals surface area (Å²) >= 11 is 18.5. The van der Waals surface area contributed by atoms with Gasteiger partial charge in [-0.25, -0.2) is 0 Å². The molecule has 0 amide bonds. The molecule has 0 N–H and O–H groups in total. The summed E-state index contributed by atoms with van der Waals surface area (Å²) in [6.45, 7) is 1.84. The molecule has 0 unspecified atom stereocenters. The van der Waals surface area contributed by atoms with Gasteiger partial charge < -0.3 is 0 Å². The summed E-state index contributed by atoms with van der Waals surface area (Å²) in [6, 6.07) is 20.5. The normalized spacial score (nSPS) is 11.3. The van der Waals surface area contributed by atoms with Crippen LogP contribution in [0.3, 0.4) is 0 Å². The van der Waals surface area contributed by atoms with Crippen LogP contribution in [0.4, 0.5) is 0 Å². The lowest BCUT2D eigenvalue weighted by Crippen LogP contribution is -2.05. The number of hydrogen-bond donors (Lipinski definition) is 0. The van der Waals surface area contributed by atoms with E-state index in [0.717, 1.165) is 22.0 Å². The molecule has 4 aromatic rings. The van der Waals surface area contributed by atoms with Gasteiger partial charge in [0.25, 0.3) is 0 Å². The lowest BCUT2D eigenvalue weighted by atomic mass is 9.92. The van der Waals surface area contributed by atoms with Crippen molar-refractivity contribution in [2.45, 2.75) is 6.92 Å². The Kier molecular flexibility index (Phi) is 5.92. The number of halogens is 3. The lowest BCUT2D eigenvalue weighted by Gasteiger charge is -2.14. The second-order valence-corrected chi connectivity index (χ2v) is 8.12. The van der Waals surface area contributed by atoms with Gasteiger partial charge in [-0.2, -0.15) is 0 Å². The number of ketones is 1. The van der Waals surface area contributed by atoms with Gasteiger partial charge in [-0.15, -0.1) is 0 Å². The molecule has 0 bridgehead atoms. The molecule has 148 valence electrons. The van der Waals surface area contributed by atoms with Gasteiger partial charge in [0.1, 0.15) is 0 Å². The largest absolute Gasteiger partial charge is 0.289 e. The van der Waals surface area contributed by atoms with Crippen LogP contribution in [0.25, 0.3) is 28.1 Å². The fourth-order valence-corrected chi connectivity index (χ4v) is 4.09. The maximum Gasteiger partial charge on any atom is 0.188 e. The molecule has 4 rings (SSSR count). The predicted octanol–water partition coefficient (Wildman–Crippen LogP) is 8.07. The summed E-state index contributed by atoms with van der Waals surface area (Å²) in [5, 5.41) is 2.45. The van der Waals surface area contributed by atoms with Gasteiger partial charge in [-0.3, -0.25) is 9.78 Å². The van der Waals surface area contributed by atoms with Crippen LogP contribution in [0.15, 0.2) is 72.8 Å². The molecule has 1 heterocycles. The number of pyridine rings is 1. The maximum atomic E-state index is 13.3. The third-order valence-electron chi connectivity index (χ3n) is 4.81. The van der Waals surface area contributed by atoms with Crippen LogP contribution in [-0.2, 0) is 0 Å². The minimum Gasteiger partial charge on any atom is -0.289 e. The first-order valence-electron chi connectivity index (χ1n) is 9.27. The molecule has 3 aromatic carbocycles. The number of hydrogen-bond acceptors (Lipinski definition) is 2. The Morgan fingerprint density at radius 3 is 2.33 bits per heavy atom.